The lowest BCUT2D eigenvalue weighted by atomic mass is 9.92. The third kappa shape index (κ3) is 6.37. The summed E-state index contributed by atoms with van der Waals surface area (Å²) in [6, 6.07) is 36.4. The average Bonchev–Trinajstić information content (AvgIpc) is 3.10. The van der Waals surface area contributed by atoms with Gasteiger partial charge in [-0.1, -0.05) is 86.0 Å². The maximum Gasteiger partial charge on any atom is 0.343 e. The number of hydrogen-bond donors (Lipinski definition) is 0. The van der Waals surface area contributed by atoms with Gasteiger partial charge in [0.2, 0.25) is 0 Å². The molecular formula is C40H30O6. The van der Waals surface area contributed by atoms with Crippen LogP contribution in [-0.2, 0) is 0 Å². The molecular weight excluding hydrogens is 576 g/mol. The summed E-state index contributed by atoms with van der Waals surface area (Å²) in [6.45, 7) is 8.03. The van der Waals surface area contributed by atoms with Crippen molar-refractivity contribution in [2.24, 2.45) is 0 Å². The first-order valence-electron chi connectivity index (χ1n) is 14.7. The fourth-order valence-corrected chi connectivity index (χ4v) is 5.19. The molecule has 6 nitrogen and oxygen atoms in total. The molecule has 0 saturated carbocycles. The third-order valence-electron chi connectivity index (χ3n) is 7.35. The maximum absolute atomic E-state index is 13.5. The molecule has 0 saturated heterocycles. The Bertz CT molecular complexity index is 1910. The summed E-state index contributed by atoms with van der Waals surface area (Å²) < 4.78 is 23.3. The second-order valence-corrected chi connectivity index (χ2v) is 10.3. The highest BCUT2D eigenvalue weighted by molar-refractivity contribution is 6.11. The van der Waals surface area contributed by atoms with Gasteiger partial charge in [0.25, 0.3) is 0 Å². The van der Waals surface area contributed by atoms with E-state index in [2.05, 4.69) is 13.2 Å². The van der Waals surface area contributed by atoms with E-state index in [1.165, 1.54) is 0 Å². The molecule has 0 unspecified atom stereocenters. The van der Waals surface area contributed by atoms with Crippen molar-refractivity contribution < 1.29 is 28.5 Å². The van der Waals surface area contributed by atoms with Crippen LogP contribution in [0.4, 0.5) is 0 Å². The second-order valence-electron chi connectivity index (χ2n) is 10.3. The molecule has 6 aromatic rings. The molecule has 0 aliphatic carbocycles. The van der Waals surface area contributed by atoms with Crippen molar-refractivity contribution in [3.05, 3.63) is 158 Å². The zero-order valence-electron chi connectivity index (χ0n) is 25.0. The molecule has 0 aliphatic heterocycles. The predicted molar refractivity (Wildman–Crippen MR) is 181 cm³/mol. The van der Waals surface area contributed by atoms with Crippen molar-refractivity contribution >= 4 is 33.5 Å². The topological polar surface area (TPSA) is 71.1 Å². The van der Waals surface area contributed by atoms with Crippen LogP contribution < -0.4 is 18.9 Å². The molecule has 0 aliphatic rings. The second kappa shape index (κ2) is 13.7. The first-order valence-corrected chi connectivity index (χ1v) is 14.7. The summed E-state index contributed by atoms with van der Waals surface area (Å²) >= 11 is 0. The third-order valence-corrected chi connectivity index (χ3v) is 7.35. The predicted octanol–water partition coefficient (Wildman–Crippen LogP) is 9.23. The summed E-state index contributed by atoms with van der Waals surface area (Å²) in [5.74, 6) is 0.808. The van der Waals surface area contributed by atoms with Crippen LogP contribution >= 0.6 is 0 Å². The van der Waals surface area contributed by atoms with E-state index >= 15 is 0 Å². The first-order chi connectivity index (χ1) is 22.6. The molecule has 0 bridgehead atoms. The number of benzene rings is 6. The lowest BCUT2D eigenvalue weighted by Crippen LogP contribution is -2.11. The van der Waals surface area contributed by atoms with Gasteiger partial charge in [-0.05, 0) is 82.2 Å². The van der Waals surface area contributed by atoms with E-state index in [9.17, 15) is 9.59 Å². The van der Waals surface area contributed by atoms with Gasteiger partial charge in [0.05, 0.1) is 11.1 Å². The Morgan fingerprint density at radius 3 is 1.28 bits per heavy atom. The van der Waals surface area contributed by atoms with Crippen LogP contribution in [0.3, 0.4) is 0 Å². The highest BCUT2D eigenvalue weighted by Gasteiger charge is 2.23. The number of esters is 2. The van der Waals surface area contributed by atoms with E-state index in [0.717, 1.165) is 21.5 Å². The molecule has 6 aromatic carbocycles. The molecule has 0 atom stereocenters. The summed E-state index contributed by atoms with van der Waals surface area (Å²) in [6.07, 6.45) is 3.30. The molecule has 0 amide bonds. The van der Waals surface area contributed by atoms with E-state index in [4.69, 9.17) is 18.9 Å². The van der Waals surface area contributed by atoms with Crippen LogP contribution in [0.2, 0.25) is 0 Å². The van der Waals surface area contributed by atoms with Crippen molar-refractivity contribution in [2.45, 2.75) is 0 Å². The van der Waals surface area contributed by atoms with Crippen LogP contribution in [0.15, 0.2) is 147 Å². The Hall–Kier alpha value is -6.14. The van der Waals surface area contributed by atoms with Crippen molar-refractivity contribution in [3.8, 4) is 34.1 Å². The lowest BCUT2D eigenvalue weighted by molar-refractivity contribution is 0.0723. The van der Waals surface area contributed by atoms with Crippen molar-refractivity contribution in [3.63, 3.8) is 0 Å². The van der Waals surface area contributed by atoms with E-state index in [-0.39, 0.29) is 0 Å². The molecule has 0 heterocycles. The van der Waals surface area contributed by atoms with Crippen molar-refractivity contribution in [2.75, 3.05) is 13.2 Å². The largest absolute Gasteiger partial charge is 0.490 e. The van der Waals surface area contributed by atoms with Gasteiger partial charge in [0, 0.05) is 11.1 Å². The molecule has 0 radical (unpaired) electrons. The van der Waals surface area contributed by atoms with Gasteiger partial charge in [0.15, 0.2) is 0 Å². The van der Waals surface area contributed by atoms with E-state index < -0.39 is 11.9 Å². The van der Waals surface area contributed by atoms with E-state index in [0.29, 0.717) is 58.5 Å². The molecule has 6 rings (SSSR count). The van der Waals surface area contributed by atoms with Gasteiger partial charge in [-0.3, -0.25) is 0 Å². The quantitative estimate of drug-likeness (QED) is 0.0832. The summed E-state index contributed by atoms with van der Waals surface area (Å²) in [5.41, 5.74) is 1.97. The number of hydrogen-bond acceptors (Lipinski definition) is 6. The monoisotopic (exact) mass is 606 g/mol. The number of rotatable bonds is 11. The smallest absolute Gasteiger partial charge is 0.343 e. The number of ether oxygens (including phenoxy) is 4. The minimum Gasteiger partial charge on any atom is -0.490 e. The minimum absolute atomic E-state index is 0.327. The van der Waals surface area contributed by atoms with E-state index in [1.807, 2.05) is 60.7 Å². The highest BCUT2D eigenvalue weighted by Crippen LogP contribution is 2.46. The molecule has 0 spiro atoms. The highest BCUT2D eigenvalue weighted by atomic mass is 16.5. The average molecular weight is 607 g/mol. The van der Waals surface area contributed by atoms with Crippen LogP contribution in [0.25, 0.3) is 32.7 Å². The van der Waals surface area contributed by atoms with Crippen LogP contribution in [0.1, 0.15) is 20.7 Å². The molecule has 0 aromatic heterocycles. The Labute approximate surface area is 266 Å². The fraction of sp³-hybridized carbons (Fsp3) is 0.0500. The molecule has 226 valence electrons. The van der Waals surface area contributed by atoms with Crippen molar-refractivity contribution in [1.82, 2.24) is 0 Å². The maximum atomic E-state index is 13.5. The first kappa shape index (κ1) is 29.9. The number of fused-ring (bicyclic) bond motifs is 2. The number of carbonyl (C=O) groups is 2. The molecule has 46 heavy (non-hydrogen) atoms. The Morgan fingerprint density at radius 1 is 0.500 bits per heavy atom. The Balaban J connectivity index is 1.44. The van der Waals surface area contributed by atoms with Gasteiger partial charge in [-0.2, -0.15) is 0 Å². The molecule has 0 N–H and O–H groups in total. The van der Waals surface area contributed by atoms with Crippen LogP contribution in [0, 0.1) is 0 Å². The SMILES string of the molecule is C=CCOc1ccc(C(=O)Oc2ccc3ccccc3c2-c2c(OC(=O)c3ccc(OCC=C)cc3)ccc3ccccc23)cc1. The molecule has 0 fully saturated rings. The van der Waals surface area contributed by atoms with Gasteiger partial charge >= 0.3 is 11.9 Å². The minimum atomic E-state index is -0.538. The van der Waals surface area contributed by atoms with Gasteiger partial charge in [-0.15, -0.1) is 0 Å². The summed E-state index contributed by atoms with van der Waals surface area (Å²) in [4.78, 5) is 27.0. The Kier molecular flexibility index (Phi) is 8.88. The standard InChI is InChI=1S/C40H30O6/c1-3-25-43-31-19-13-29(14-20-31)39(41)45-35-23-17-27-9-5-7-11-33(27)37(35)38-34-12-8-6-10-28(34)18-24-36(38)46-40(42)30-15-21-32(22-16-30)44-26-4-2/h3-24H,1-2,25-26H2. The van der Waals surface area contributed by atoms with Crippen LogP contribution in [-0.4, -0.2) is 25.2 Å². The van der Waals surface area contributed by atoms with Gasteiger partial charge in [0.1, 0.15) is 36.2 Å². The van der Waals surface area contributed by atoms with Crippen LogP contribution in [0.5, 0.6) is 23.0 Å². The molecule has 6 heteroatoms. The summed E-state index contributed by atoms with van der Waals surface area (Å²) in [5, 5.41) is 3.53. The fourth-order valence-electron chi connectivity index (χ4n) is 5.19. The Morgan fingerprint density at radius 2 is 0.891 bits per heavy atom. The van der Waals surface area contributed by atoms with E-state index in [1.54, 1.807) is 72.8 Å². The zero-order valence-corrected chi connectivity index (χ0v) is 25.0. The van der Waals surface area contributed by atoms with Gasteiger partial charge < -0.3 is 18.9 Å². The lowest BCUT2D eigenvalue weighted by Gasteiger charge is -2.19. The van der Waals surface area contributed by atoms with Gasteiger partial charge in [-0.25, -0.2) is 9.59 Å². The number of carbonyl (C=O) groups excluding carboxylic acids is 2. The normalized spacial score (nSPS) is 10.7. The van der Waals surface area contributed by atoms with Crippen molar-refractivity contribution in [1.29, 1.82) is 0 Å². The zero-order chi connectivity index (χ0) is 31.9. The summed E-state index contributed by atoms with van der Waals surface area (Å²) in [7, 11) is 0.